The number of unbranched alkanes of at least 4 members (excludes halogenated alkanes) is 4. The zero-order chi connectivity index (χ0) is 18.5. The van der Waals surface area contributed by atoms with Crippen molar-refractivity contribution in [2.75, 3.05) is 33.3 Å². The average molecular weight is 343 g/mol. The molecule has 0 saturated carbocycles. The maximum absolute atomic E-state index is 7.00. The Labute approximate surface area is 146 Å². The van der Waals surface area contributed by atoms with Crippen molar-refractivity contribution in [2.45, 2.75) is 79.1 Å². The molecule has 0 rings (SSSR count). The van der Waals surface area contributed by atoms with Crippen LogP contribution in [0.15, 0.2) is 0 Å². The zero-order valence-corrected chi connectivity index (χ0v) is 16.7. The van der Waals surface area contributed by atoms with Crippen LogP contribution in [-0.4, -0.2) is 43.9 Å². The Morgan fingerprint density at radius 1 is 0.478 bits per heavy atom. The van der Waals surface area contributed by atoms with Crippen LogP contribution in [0.1, 0.15) is 79.1 Å². The van der Waals surface area contributed by atoms with Crippen LogP contribution in [0.3, 0.4) is 0 Å². The molecule has 6 heteroatoms. The summed E-state index contributed by atoms with van der Waals surface area (Å²) in [5, 5.41) is 7.00. The summed E-state index contributed by atoms with van der Waals surface area (Å²) in [6, 6.07) is 0. The van der Waals surface area contributed by atoms with Crippen LogP contribution in [0.25, 0.3) is 0 Å². The van der Waals surface area contributed by atoms with Gasteiger partial charge in [0.25, 0.3) is 0 Å². The Hall–Kier alpha value is -0.240. The first-order valence-electron chi connectivity index (χ1n) is 8.91. The number of aliphatic hydroxyl groups excluding tert-OH is 1. The van der Waals surface area contributed by atoms with E-state index in [-0.39, 0.29) is 5.48 Å². The Kier molecular flexibility index (Phi) is 113. The van der Waals surface area contributed by atoms with Crippen LogP contribution >= 0.6 is 0 Å². The monoisotopic (exact) mass is 342 g/mol. The lowest BCUT2D eigenvalue weighted by atomic mass is 10.3. The number of rotatable bonds is 8. The number of hydrogen-bond donors (Lipinski definition) is 5. The van der Waals surface area contributed by atoms with Gasteiger partial charge >= 0.3 is 0 Å². The fourth-order valence-corrected chi connectivity index (χ4v) is 0.816. The van der Waals surface area contributed by atoms with Crippen molar-refractivity contribution in [3.05, 3.63) is 0 Å². The summed E-state index contributed by atoms with van der Waals surface area (Å²) < 4.78 is 0. The molecule has 23 heavy (non-hydrogen) atoms. The van der Waals surface area contributed by atoms with Crippen molar-refractivity contribution >= 4 is 0 Å². The molecule has 6 nitrogen and oxygen atoms in total. The van der Waals surface area contributed by atoms with E-state index in [9.17, 15) is 0 Å². The highest BCUT2D eigenvalue weighted by atomic mass is 16.2. The first kappa shape index (κ1) is 38.4. The highest BCUT2D eigenvalue weighted by Gasteiger charge is 1.69. The van der Waals surface area contributed by atoms with Crippen LogP contribution in [-0.2, 0) is 0 Å². The molecule has 0 spiro atoms. The molecule has 0 amide bonds. The maximum atomic E-state index is 7.00. The van der Waals surface area contributed by atoms with Gasteiger partial charge in [0.1, 0.15) is 0 Å². The van der Waals surface area contributed by atoms with Gasteiger partial charge in [0.05, 0.1) is 0 Å². The predicted octanol–water partition coefficient (Wildman–Crippen LogP) is 1.76. The molecular formula is C17H50N4O2. The van der Waals surface area contributed by atoms with Crippen LogP contribution < -0.4 is 22.9 Å². The molecule has 0 aromatic carbocycles. The first-order valence-corrected chi connectivity index (χ1v) is 8.91. The van der Waals surface area contributed by atoms with E-state index in [1.54, 1.807) is 0 Å². The zero-order valence-electron chi connectivity index (χ0n) is 16.7. The van der Waals surface area contributed by atoms with Gasteiger partial charge < -0.3 is 33.5 Å². The van der Waals surface area contributed by atoms with Crippen molar-refractivity contribution in [1.82, 2.24) is 0 Å². The molecule has 150 valence electrons. The standard InChI is InChI=1S/4C4H11N.CH4O.H2O/c4*1-2-3-4-5;1-2;/h4*2-5H2,1H3;2H,1H3;1H2. The molecule has 0 atom stereocenters. The second kappa shape index (κ2) is 67.8. The lowest BCUT2D eigenvalue weighted by Crippen LogP contribution is -1.95. The smallest absolute Gasteiger partial charge is 0.0319 e. The van der Waals surface area contributed by atoms with Gasteiger partial charge in [-0.15, -0.1) is 0 Å². The lowest BCUT2D eigenvalue weighted by molar-refractivity contribution is 0.399. The van der Waals surface area contributed by atoms with E-state index in [0.717, 1.165) is 33.3 Å². The average Bonchev–Trinajstić information content (AvgIpc) is 2.54. The fraction of sp³-hybridized carbons (Fsp3) is 1.00. The predicted molar refractivity (Wildman–Crippen MR) is 108 cm³/mol. The summed E-state index contributed by atoms with van der Waals surface area (Å²) in [4.78, 5) is 0. The summed E-state index contributed by atoms with van der Waals surface area (Å²) in [5.41, 5.74) is 20.6. The van der Waals surface area contributed by atoms with Crippen LogP contribution in [0.5, 0.6) is 0 Å². The molecule has 0 aliphatic rings. The van der Waals surface area contributed by atoms with Gasteiger partial charge in [0.2, 0.25) is 0 Å². The quantitative estimate of drug-likeness (QED) is 0.454. The number of nitrogens with two attached hydrogens (primary N) is 4. The molecular weight excluding hydrogens is 292 g/mol. The van der Waals surface area contributed by atoms with Crippen molar-refractivity contribution in [2.24, 2.45) is 22.9 Å². The van der Waals surface area contributed by atoms with E-state index in [4.69, 9.17) is 28.0 Å². The van der Waals surface area contributed by atoms with Crippen molar-refractivity contribution in [3.8, 4) is 0 Å². The molecule has 0 fully saturated rings. The normalized spacial score (nSPS) is 7.57. The summed E-state index contributed by atoms with van der Waals surface area (Å²) in [6.45, 7) is 11.9. The van der Waals surface area contributed by atoms with E-state index >= 15 is 0 Å². The Morgan fingerprint density at radius 2 is 0.609 bits per heavy atom. The van der Waals surface area contributed by atoms with E-state index in [2.05, 4.69) is 27.7 Å². The molecule has 0 bridgehead atoms. The lowest BCUT2D eigenvalue weighted by Gasteiger charge is -1.80. The van der Waals surface area contributed by atoms with Crippen molar-refractivity contribution < 1.29 is 10.6 Å². The third-order valence-corrected chi connectivity index (χ3v) is 2.23. The maximum Gasteiger partial charge on any atom is 0.0319 e. The molecule has 0 heterocycles. The highest BCUT2D eigenvalue weighted by molar-refractivity contribution is 4.30. The Morgan fingerprint density at radius 3 is 0.609 bits per heavy atom. The summed E-state index contributed by atoms with van der Waals surface area (Å²) >= 11 is 0. The van der Waals surface area contributed by atoms with E-state index in [0.29, 0.717) is 0 Å². The van der Waals surface area contributed by atoms with Gasteiger partial charge in [-0.1, -0.05) is 53.4 Å². The summed E-state index contributed by atoms with van der Waals surface area (Å²) in [5.74, 6) is 0. The van der Waals surface area contributed by atoms with E-state index < -0.39 is 0 Å². The van der Waals surface area contributed by atoms with Gasteiger partial charge in [0, 0.05) is 7.11 Å². The molecule has 0 aromatic rings. The topological polar surface area (TPSA) is 156 Å². The van der Waals surface area contributed by atoms with Crippen molar-refractivity contribution in [3.63, 3.8) is 0 Å². The molecule has 0 saturated heterocycles. The van der Waals surface area contributed by atoms with Gasteiger partial charge in [-0.25, -0.2) is 0 Å². The van der Waals surface area contributed by atoms with Crippen LogP contribution in [0.4, 0.5) is 0 Å². The van der Waals surface area contributed by atoms with E-state index in [1.165, 1.54) is 51.4 Å². The van der Waals surface area contributed by atoms with Crippen molar-refractivity contribution in [1.29, 1.82) is 0 Å². The molecule has 0 aliphatic heterocycles. The first-order chi connectivity index (χ1) is 10.7. The minimum Gasteiger partial charge on any atom is -0.412 e. The minimum absolute atomic E-state index is 0. The molecule has 0 radical (unpaired) electrons. The second-order valence-corrected chi connectivity index (χ2v) is 4.57. The number of hydrogen-bond acceptors (Lipinski definition) is 5. The van der Waals surface area contributed by atoms with Crippen LogP contribution in [0, 0.1) is 0 Å². The van der Waals surface area contributed by atoms with Gasteiger partial charge in [0.15, 0.2) is 0 Å². The minimum atomic E-state index is 0. The van der Waals surface area contributed by atoms with E-state index in [1.807, 2.05) is 0 Å². The summed E-state index contributed by atoms with van der Waals surface area (Å²) in [7, 11) is 1.00. The third kappa shape index (κ3) is 141. The fourth-order valence-electron chi connectivity index (χ4n) is 0.816. The Bertz CT molecular complexity index is 78.6. The van der Waals surface area contributed by atoms with Gasteiger partial charge in [-0.2, -0.15) is 0 Å². The molecule has 0 aliphatic carbocycles. The molecule has 0 aromatic heterocycles. The van der Waals surface area contributed by atoms with Gasteiger partial charge in [-0.3, -0.25) is 0 Å². The number of aliphatic hydroxyl groups is 1. The largest absolute Gasteiger partial charge is 0.412 e. The van der Waals surface area contributed by atoms with Gasteiger partial charge in [-0.05, 0) is 51.9 Å². The Balaban J connectivity index is -0.0000000398. The third-order valence-electron chi connectivity index (χ3n) is 2.23. The molecule has 0 unspecified atom stereocenters. The molecule has 11 N–H and O–H groups in total. The second-order valence-electron chi connectivity index (χ2n) is 4.57. The summed E-state index contributed by atoms with van der Waals surface area (Å²) in [6.07, 6.45) is 9.54. The van der Waals surface area contributed by atoms with Crippen LogP contribution in [0.2, 0.25) is 0 Å². The SMILES string of the molecule is CCCCN.CCCCN.CCCCN.CCCCN.CO.O. The highest BCUT2D eigenvalue weighted by Crippen LogP contribution is 1.78.